The first kappa shape index (κ1) is 14.1. The summed E-state index contributed by atoms with van der Waals surface area (Å²) >= 11 is 3.19. The second-order valence-corrected chi connectivity index (χ2v) is 5.15. The molecule has 0 saturated carbocycles. The lowest BCUT2D eigenvalue weighted by atomic mass is 9.89. The minimum Gasteiger partial charge on any atom is -0.388 e. The van der Waals surface area contributed by atoms with Gasteiger partial charge < -0.3 is 10.8 Å². The second-order valence-electron chi connectivity index (χ2n) is 4.23. The summed E-state index contributed by atoms with van der Waals surface area (Å²) in [5.74, 6) is -0.812. The van der Waals surface area contributed by atoms with Crippen LogP contribution in [0.1, 0.15) is 23.1 Å². The Morgan fingerprint density at radius 1 is 1.26 bits per heavy atom. The Hall–Kier alpha value is -1.30. The maximum Gasteiger partial charge on any atom is 0.130 e. The van der Waals surface area contributed by atoms with Crippen LogP contribution in [0.3, 0.4) is 0 Å². The first-order valence-electron chi connectivity index (χ1n) is 5.86. The Kier molecular flexibility index (Phi) is 4.63. The fourth-order valence-electron chi connectivity index (χ4n) is 2.02. The van der Waals surface area contributed by atoms with Crippen molar-refractivity contribution in [2.24, 2.45) is 5.73 Å². The molecule has 100 valence electrons. The van der Waals surface area contributed by atoms with Gasteiger partial charge in [0.25, 0.3) is 0 Å². The molecule has 0 aliphatic rings. The third-order valence-corrected chi connectivity index (χ3v) is 3.54. The minimum atomic E-state index is -0.986. The first-order chi connectivity index (χ1) is 9.13. The lowest BCUT2D eigenvalue weighted by Crippen LogP contribution is -2.21. The Bertz CT molecular complexity index is 550. The molecule has 0 spiro atoms. The summed E-state index contributed by atoms with van der Waals surface area (Å²) in [5, 5.41) is 10.3. The molecule has 0 aliphatic carbocycles. The first-order valence-corrected chi connectivity index (χ1v) is 6.65. The Balaban J connectivity index is 2.33. The van der Waals surface area contributed by atoms with Crippen molar-refractivity contribution >= 4 is 15.9 Å². The molecule has 5 heteroatoms. The highest BCUT2D eigenvalue weighted by Gasteiger charge is 2.24. The van der Waals surface area contributed by atoms with E-state index in [4.69, 9.17) is 5.73 Å². The van der Waals surface area contributed by atoms with Crippen molar-refractivity contribution < 1.29 is 9.50 Å². The number of halogens is 2. The molecule has 0 bridgehead atoms. The van der Waals surface area contributed by atoms with E-state index in [2.05, 4.69) is 20.9 Å². The average Bonchev–Trinajstić information content (AvgIpc) is 2.40. The Morgan fingerprint density at radius 2 is 1.95 bits per heavy atom. The zero-order chi connectivity index (χ0) is 13.8. The van der Waals surface area contributed by atoms with Crippen molar-refractivity contribution in [1.82, 2.24) is 4.98 Å². The molecule has 3 nitrogen and oxygen atoms in total. The molecule has 19 heavy (non-hydrogen) atoms. The van der Waals surface area contributed by atoms with Crippen LogP contribution in [0.4, 0.5) is 4.39 Å². The van der Waals surface area contributed by atoms with Crippen LogP contribution in [-0.4, -0.2) is 16.6 Å². The Labute approximate surface area is 119 Å². The largest absolute Gasteiger partial charge is 0.388 e. The highest BCUT2D eigenvalue weighted by molar-refractivity contribution is 9.10. The number of rotatable bonds is 4. The highest BCUT2D eigenvalue weighted by atomic mass is 79.9. The van der Waals surface area contributed by atoms with Crippen LogP contribution in [0.5, 0.6) is 0 Å². The van der Waals surface area contributed by atoms with Crippen molar-refractivity contribution in [2.45, 2.75) is 12.0 Å². The lowest BCUT2D eigenvalue weighted by Gasteiger charge is -2.22. The topological polar surface area (TPSA) is 59.1 Å². The van der Waals surface area contributed by atoms with Crippen LogP contribution in [-0.2, 0) is 0 Å². The van der Waals surface area contributed by atoms with E-state index in [1.807, 2.05) is 0 Å². The molecule has 2 rings (SSSR count). The minimum absolute atomic E-state index is 0.223. The van der Waals surface area contributed by atoms with E-state index >= 15 is 0 Å². The maximum absolute atomic E-state index is 13.9. The SMILES string of the molecule is NCC(c1ccncc1)C(O)c1ccc(Br)cc1F. The molecule has 0 aliphatic heterocycles. The molecule has 1 aromatic carbocycles. The van der Waals surface area contributed by atoms with Gasteiger partial charge in [-0.05, 0) is 29.8 Å². The quantitative estimate of drug-likeness (QED) is 0.909. The van der Waals surface area contributed by atoms with Crippen molar-refractivity contribution in [3.8, 4) is 0 Å². The van der Waals surface area contributed by atoms with Crippen LogP contribution in [0.15, 0.2) is 47.2 Å². The van der Waals surface area contributed by atoms with E-state index < -0.39 is 11.9 Å². The van der Waals surface area contributed by atoms with Gasteiger partial charge >= 0.3 is 0 Å². The van der Waals surface area contributed by atoms with Crippen LogP contribution in [0.25, 0.3) is 0 Å². The van der Waals surface area contributed by atoms with Crippen LogP contribution in [0.2, 0.25) is 0 Å². The maximum atomic E-state index is 13.9. The summed E-state index contributed by atoms with van der Waals surface area (Å²) in [7, 11) is 0. The van der Waals surface area contributed by atoms with Gasteiger partial charge in [0.1, 0.15) is 5.82 Å². The third-order valence-electron chi connectivity index (χ3n) is 3.05. The number of aliphatic hydroxyl groups is 1. The number of hydrogen-bond donors (Lipinski definition) is 2. The summed E-state index contributed by atoms with van der Waals surface area (Å²) in [6.45, 7) is 0.223. The molecular formula is C14H14BrFN2O. The normalized spacial score (nSPS) is 14.1. The zero-order valence-electron chi connectivity index (χ0n) is 10.1. The van der Waals surface area contributed by atoms with Crippen molar-refractivity contribution in [2.75, 3.05) is 6.54 Å². The number of hydrogen-bond acceptors (Lipinski definition) is 3. The molecule has 0 fully saturated rings. The number of aliphatic hydroxyl groups excluding tert-OH is 1. The molecule has 0 amide bonds. The Morgan fingerprint density at radius 3 is 2.53 bits per heavy atom. The second kappa shape index (κ2) is 6.23. The molecule has 1 heterocycles. The van der Waals surface area contributed by atoms with Gasteiger partial charge in [0.2, 0.25) is 0 Å². The van der Waals surface area contributed by atoms with E-state index in [0.29, 0.717) is 4.47 Å². The zero-order valence-corrected chi connectivity index (χ0v) is 11.7. The lowest BCUT2D eigenvalue weighted by molar-refractivity contribution is 0.143. The van der Waals surface area contributed by atoms with E-state index in [1.165, 1.54) is 6.07 Å². The van der Waals surface area contributed by atoms with E-state index in [0.717, 1.165) is 5.56 Å². The van der Waals surface area contributed by atoms with Gasteiger partial charge in [0.05, 0.1) is 6.10 Å². The summed E-state index contributed by atoms with van der Waals surface area (Å²) in [5.41, 5.74) is 6.80. The van der Waals surface area contributed by atoms with E-state index in [-0.39, 0.29) is 18.0 Å². The van der Waals surface area contributed by atoms with Crippen molar-refractivity contribution in [1.29, 1.82) is 0 Å². The van der Waals surface area contributed by atoms with Gasteiger partial charge in [-0.2, -0.15) is 0 Å². The monoisotopic (exact) mass is 324 g/mol. The summed E-state index contributed by atoms with van der Waals surface area (Å²) in [6.07, 6.45) is 2.27. The summed E-state index contributed by atoms with van der Waals surface area (Å²) in [4.78, 5) is 3.92. The van der Waals surface area contributed by atoms with Gasteiger partial charge in [0.15, 0.2) is 0 Å². The number of nitrogens with zero attached hydrogens (tertiary/aromatic N) is 1. The molecule has 2 unspecified atom stereocenters. The number of nitrogens with two attached hydrogens (primary N) is 1. The standard InChI is InChI=1S/C14H14BrFN2O/c15-10-1-2-11(13(16)7-10)14(19)12(8-17)9-3-5-18-6-4-9/h1-7,12,14,19H,8,17H2. The van der Waals surface area contributed by atoms with Crippen LogP contribution >= 0.6 is 15.9 Å². The van der Waals surface area contributed by atoms with E-state index in [1.54, 1.807) is 36.7 Å². The fraction of sp³-hybridized carbons (Fsp3) is 0.214. The highest BCUT2D eigenvalue weighted by Crippen LogP contribution is 2.32. The average molecular weight is 325 g/mol. The van der Waals surface area contributed by atoms with Gasteiger partial charge in [-0.1, -0.05) is 22.0 Å². The van der Waals surface area contributed by atoms with Gasteiger partial charge in [-0.3, -0.25) is 4.98 Å². The molecule has 1 aromatic heterocycles. The summed E-state index contributed by atoms with van der Waals surface area (Å²) in [6, 6.07) is 8.14. The van der Waals surface area contributed by atoms with Crippen LogP contribution < -0.4 is 5.73 Å². The number of pyridine rings is 1. The smallest absolute Gasteiger partial charge is 0.130 e. The summed E-state index contributed by atoms with van der Waals surface area (Å²) < 4.78 is 14.5. The van der Waals surface area contributed by atoms with Crippen molar-refractivity contribution in [3.05, 3.63) is 64.1 Å². The molecule has 3 N–H and O–H groups in total. The van der Waals surface area contributed by atoms with Gasteiger partial charge in [0, 0.05) is 34.9 Å². The number of aromatic nitrogens is 1. The van der Waals surface area contributed by atoms with Crippen LogP contribution in [0, 0.1) is 5.82 Å². The molecule has 2 atom stereocenters. The third kappa shape index (κ3) is 3.18. The molecular weight excluding hydrogens is 311 g/mol. The van der Waals surface area contributed by atoms with E-state index in [9.17, 15) is 9.50 Å². The molecule has 0 saturated heterocycles. The number of benzene rings is 1. The molecule has 2 aromatic rings. The fourth-order valence-corrected chi connectivity index (χ4v) is 2.35. The predicted molar refractivity (Wildman–Crippen MR) is 75.1 cm³/mol. The van der Waals surface area contributed by atoms with Gasteiger partial charge in [-0.25, -0.2) is 4.39 Å². The predicted octanol–water partition coefficient (Wildman–Crippen LogP) is 2.76. The molecule has 0 radical (unpaired) electrons. The van der Waals surface area contributed by atoms with Gasteiger partial charge in [-0.15, -0.1) is 0 Å². The van der Waals surface area contributed by atoms with Crippen molar-refractivity contribution in [3.63, 3.8) is 0 Å².